The normalized spacial score (nSPS) is 16.6. The van der Waals surface area contributed by atoms with Crippen molar-refractivity contribution in [3.63, 3.8) is 0 Å². The van der Waals surface area contributed by atoms with E-state index in [0.717, 1.165) is 0 Å². The molecule has 0 heterocycles. The van der Waals surface area contributed by atoms with Crippen molar-refractivity contribution in [2.24, 2.45) is 5.92 Å². The Hall–Kier alpha value is -0.780. The molecule has 0 rings (SSSR count). The second kappa shape index (κ2) is 6.83. The predicted octanol–water partition coefficient (Wildman–Crippen LogP) is 0.0551. The highest BCUT2D eigenvalue weighted by atomic mass is 16.3. The van der Waals surface area contributed by atoms with Crippen LogP contribution in [0.4, 0.5) is 0 Å². The summed E-state index contributed by atoms with van der Waals surface area (Å²) in [4.78, 5) is 22.1. The number of carbonyl (C=O) groups is 2. The van der Waals surface area contributed by atoms with E-state index in [1.54, 1.807) is 0 Å². The summed E-state index contributed by atoms with van der Waals surface area (Å²) in [6.45, 7) is 3.71. The standard InChI is InChI=1S/C12H22O5/c1-8(14)4-10(5-9(2)15)11(16)6-12(3,17)7-13/h10-11,13,16-17H,4-7H2,1-3H3. The number of Topliss-reactive ketones (excluding diaryl/α,β-unsaturated/α-hetero) is 2. The second-order valence-corrected chi connectivity index (χ2v) is 5.00. The Morgan fingerprint density at radius 3 is 1.88 bits per heavy atom. The first kappa shape index (κ1) is 16.2. The monoisotopic (exact) mass is 246 g/mol. The number of aliphatic hydroxyl groups excluding tert-OH is 2. The first-order valence-corrected chi connectivity index (χ1v) is 5.68. The van der Waals surface area contributed by atoms with Crippen molar-refractivity contribution in [1.29, 1.82) is 0 Å². The Kier molecular flexibility index (Phi) is 6.52. The van der Waals surface area contributed by atoms with E-state index >= 15 is 0 Å². The molecule has 17 heavy (non-hydrogen) atoms. The van der Waals surface area contributed by atoms with Crippen LogP contribution in [0.5, 0.6) is 0 Å². The van der Waals surface area contributed by atoms with E-state index < -0.39 is 24.2 Å². The van der Waals surface area contributed by atoms with Crippen molar-refractivity contribution in [2.75, 3.05) is 6.61 Å². The van der Waals surface area contributed by atoms with Gasteiger partial charge in [-0.3, -0.25) is 0 Å². The molecule has 0 fully saturated rings. The average Bonchev–Trinajstić information content (AvgIpc) is 2.14. The topological polar surface area (TPSA) is 94.8 Å². The van der Waals surface area contributed by atoms with Crippen LogP contribution < -0.4 is 0 Å². The fourth-order valence-electron chi connectivity index (χ4n) is 1.76. The van der Waals surface area contributed by atoms with Crippen LogP contribution >= 0.6 is 0 Å². The van der Waals surface area contributed by atoms with E-state index in [2.05, 4.69) is 0 Å². The van der Waals surface area contributed by atoms with Crippen molar-refractivity contribution >= 4 is 11.6 Å². The van der Waals surface area contributed by atoms with E-state index in [-0.39, 0.29) is 30.8 Å². The summed E-state index contributed by atoms with van der Waals surface area (Å²) < 4.78 is 0. The molecular formula is C12H22O5. The van der Waals surface area contributed by atoms with Gasteiger partial charge in [0.2, 0.25) is 0 Å². The Balaban J connectivity index is 4.56. The summed E-state index contributed by atoms with van der Waals surface area (Å²) in [5.74, 6) is -0.721. The Morgan fingerprint density at radius 1 is 1.18 bits per heavy atom. The van der Waals surface area contributed by atoms with Gasteiger partial charge in [-0.1, -0.05) is 0 Å². The lowest BCUT2D eigenvalue weighted by atomic mass is 9.85. The van der Waals surface area contributed by atoms with Gasteiger partial charge in [-0.25, -0.2) is 0 Å². The van der Waals surface area contributed by atoms with Crippen LogP contribution in [0.15, 0.2) is 0 Å². The number of carbonyl (C=O) groups excluding carboxylic acids is 2. The van der Waals surface area contributed by atoms with Gasteiger partial charge in [0.05, 0.1) is 18.3 Å². The zero-order valence-electron chi connectivity index (χ0n) is 10.6. The molecule has 0 aromatic heterocycles. The number of ketones is 2. The number of hydrogen-bond acceptors (Lipinski definition) is 5. The number of hydrogen-bond donors (Lipinski definition) is 3. The molecule has 0 radical (unpaired) electrons. The molecule has 0 saturated heterocycles. The molecule has 0 spiro atoms. The predicted molar refractivity (Wildman–Crippen MR) is 62.4 cm³/mol. The molecule has 0 amide bonds. The highest BCUT2D eigenvalue weighted by Crippen LogP contribution is 2.22. The summed E-state index contributed by atoms with van der Waals surface area (Å²) in [5.41, 5.74) is -1.40. The van der Waals surface area contributed by atoms with Gasteiger partial charge in [0.15, 0.2) is 0 Å². The van der Waals surface area contributed by atoms with Crippen LogP contribution in [0.1, 0.15) is 40.0 Å². The van der Waals surface area contributed by atoms with Gasteiger partial charge in [0.25, 0.3) is 0 Å². The number of rotatable bonds is 8. The molecule has 0 bridgehead atoms. The first-order chi connectivity index (χ1) is 7.68. The maximum Gasteiger partial charge on any atom is 0.130 e. The third kappa shape index (κ3) is 7.20. The van der Waals surface area contributed by atoms with Crippen molar-refractivity contribution in [3.05, 3.63) is 0 Å². The molecule has 3 N–H and O–H groups in total. The molecule has 0 aliphatic carbocycles. The molecular weight excluding hydrogens is 224 g/mol. The lowest BCUT2D eigenvalue weighted by Crippen LogP contribution is -2.37. The summed E-state index contributed by atoms with van der Waals surface area (Å²) >= 11 is 0. The van der Waals surface area contributed by atoms with Crippen molar-refractivity contribution in [2.45, 2.75) is 51.7 Å². The van der Waals surface area contributed by atoms with E-state index in [4.69, 9.17) is 5.11 Å². The third-order valence-electron chi connectivity index (χ3n) is 2.63. The first-order valence-electron chi connectivity index (χ1n) is 5.68. The summed E-state index contributed by atoms with van der Waals surface area (Å²) in [6.07, 6.45) is -0.843. The van der Waals surface area contributed by atoms with E-state index in [9.17, 15) is 19.8 Å². The van der Waals surface area contributed by atoms with Gasteiger partial charge in [-0.2, -0.15) is 0 Å². The van der Waals surface area contributed by atoms with Crippen LogP contribution in [0.2, 0.25) is 0 Å². The van der Waals surface area contributed by atoms with Crippen molar-refractivity contribution in [1.82, 2.24) is 0 Å². The summed E-state index contributed by atoms with van der Waals surface area (Å²) in [5, 5.41) is 28.4. The minimum Gasteiger partial charge on any atom is -0.393 e. The van der Waals surface area contributed by atoms with Crippen molar-refractivity contribution in [3.8, 4) is 0 Å². The zero-order valence-corrected chi connectivity index (χ0v) is 10.6. The van der Waals surface area contributed by atoms with Gasteiger partial charge in [0, 0.05) is 19.3 Å². The van der Waals surface area contributed by atoms with E-state index in [1.165, 1.54) is 20.8 Å². The van der Waals surface area contributed by atoms with Gasteiger partial charge >= 0.3 is 0 Å². The Morgan fingerprint density at radius 2 is 1.59 bits per heavy atom. The molecule has 0 aliphatic rings. The van der Waals surface area contributed by atoms with Crippen LogP contribution in [0, 0.1) is 5.92 Å². The fraction of sp³-hybridized carbons (Fsp3) is 0.833. The van der Waals surface area contributed by atoms with Gasteiger partial charge < -0.3 is 24.9 Å². The SMILES string of the molecule is CC(=O)CC(CC(C)=O)C(O)CC(C)(O)CO. The molecule has 2 atom stereocenters. The molecule has 100 valence electrons. The summed E-state index contributed by atoms with van der Waals surface area (Å²) in [7, 11) is 0. The molecule has 0 aromatic rings. The van der Waals surface area contributed by atoms with E-state index in [1.807, 2.05) is 0 Å². The molecule has 5 nitrogen and oxygen atoms in total. The number of aliphatic hydroxyl groups is 3. The average molecular weight is 246 g/mol. The summed E-state index contributed by atoms with van der Waals surface area (Å²) in [6, 6.07) is 0. The van der Waals surface area contributed by atoms with Crippen LogP contribution in [-0.4, -0.2) is 45.2 Å². The van der Waals surface area contributed by atoms with E-state index in [0.29, 0.717) is 0 Å². The third-order valence-corrected chi connectivity index (χ3v) is 2.63. The van der Waals surface area contributed by atoms with Crippen molar-refractivity contribution < 1.29 is 24.9 Å². The molecule has 2 unspecified atom stereocenters. The fourth-order valence-corrected chi connectivity index (χ4v) is 1.76. The molecule has 0 aromatic carbocycles. The maximum absolute atomic E-state index is 11.0. The second-order valence-electron chi connectivity index (χ2n) is 5.00. The van der Waals surface area contributed by atoms with Crippen LogP contribution in [-0.2, 0) is 9.59 Å². The minimum absolute atomic E-state index is 0.0608. The van der Waals surface area contributed by atoms with Gasteiger partial charge in [-0.15, -0.1) is 0 Å². The maximum atomic E-state index is 11.0. The van der Waals surface area contributed by atoms with Gasteiger partial charge in [-0.05, 0) is 26.7 Å². The lowest BCUT2D eigenvalue weighted by molar-refractivity contribution is -0.123. The Labute approximate surface area is 101 Å². The zero-order chi connectivity index (χ0) is 13.6. The smallest absolute Gasteiger partial charge is 0.130 e. The lowest BCUT2D eigenvalue weighted by Gasteiger charge is -2.28. The highest BCUT2D eigenvalue weighted by Gasteiger charge is 2.30. The van der Waals surface area contributed by atoms with Crippen LogP contribution in [0.3, 0.4) is 0 Å². The quantitative estimate of drug-likeness (QED) is 0.562. The minimum atomic E-state index is -1.40. The highest BCUT2D eigenvalue weighted by molar-refractivity contribution is 5.79. The molecule has 0 saturated carbocycles. The Bertz CT molecular complexity index is 256. The molecule has 5 heteroatoms. The van der Waals surface area contributed by atoms with Crippen LogP contribution in [0.25, 0.3) is 0 Å². The largest absolute Gasteiger partial charge is 0.393 e. The van der Waals surface area contributed by atoms with Gasteiger partial charge in [0.1, 0.15) is 11.6 Å². The molecule has 0 aliphatic heterocycles.